The van der Waals surface area contributed by atoms with Gasteiger partial charge in [0.2, 0.25) is 5.91 Å². The molecule has 0 radical (unpaired) electrons. The van der Waals surface area contributed by atoms with E-state index in [-0.39, 0.29) is 18.2 Å². The number of carboxylic acid groups (broad SMARTS) is 1. The number of nitrogen functional groups attached to an aromatic ring is 1. The number of nitrogens with zero attached hydrogens (tertiary/aromatic N) is 1. The molecule has 1 unspecified atom stereocenters. The Morgan fingerprint density at radius 2 is 1.96 bits per heavy atom. The van der Waals surface area contributed by atoms with Crippen LogP contribution in [-0.4, -0.2) is 28.0 Å². The van der Waals surface area contributed by atoms with Gasteiger partial charge >= 0.3 is 5.97 Å². The van der Waals surface area contributed by atoms with Crippen LogP contribution in [-0.2, 0) is 16.0 Å². The highest BCUT2D eigenvalue weighted by atomic mass is 32.1. The van der Waals surface area contributed by atoms with Gasteiger partial charge in [-0.05, 0) is 36.6 Å². The Bertz CT molecular complexity index is 710. The maximum atomic E-state index is 12.1. The Hall–Kier alpha value is -2.41. The molecule has 0 aliphatic carbocycles. The number of thiazole rings is 1. The second-order valence-electron chi connectivity index (χ2n) is 6.03. The minimum atomic E-state index is -1.02. The van der Waals surface area contributed by atoms with Gasteiger partial charge < -0.3 is 16.2 Å². The fraction of sp³-hybridized carbons (Fsp3) is 0.353. The van der Waals surface area contributed by atoms with Crippen molar-refractivity contribution in [3.63, 3.8) is 0 Å². The molecule has 0 bridgehead atoms. The summed E-state index contributed by atoms with van der Waals surface area (Å²) < 4.78 is 0. The lowest BCUT2D eigenvalue weighted by molar-refractivity contribution is -0.142. The topological polar surface area (TPSA) is 105 Å². The largest absolute Gasteiger partial charge is 0.480 e. The van der Waals surface area contributed by atoms with Gasteiger partial charge in [-0.1, -0.05) is 13.8 Å². The molecule has 0 saturated carbocycles. The minimum absolute atomic E-state index is 0.0628. The Balaban J connectivity index is 1.99. The van der Waals surface area contributed by atoms with E-state index < -0.39 is 12.0 Å². The third kappa shape index (κ3) is 5.06. The second-order valence-corrected chi connectivity index (χ2v) is 6.89. The van der Waals surface area contributed by atoms with E-state index in [0.717, 1.165) is 10.6 Å². The quantitative estimate of drug-likeness (QED) is 0.668. The number of amides is 1. The zero-order chi connectivity index (χ0) is 17.7. The highest BCUT2D eigenvalue weighted by Crippen LogP contribution is 2.24. The molecular weight excluding hydrogens is 326 g/mol. The normalized spacial score (nSPS) is 12.1. The van der Waals surface area contributed by atoms with Gasteiger partial charge in [0.1, 0.15) is 11.0 Å². The molecule has 2 rings (SSSR count). The third-order valence-electron chi connectivity index (χ3n) is 3.39. The number of hydrogen-bond donors (Lipinski definition) is 3. The molecular formula is C17H21N3O3S. The van der Waals surface area contributed by atoms with Crippen LogP contribution < -0.4 is 11.1 Å². The van der Waals surface area contributed by atoms with Crippen LogP contribution in [0.1, 0.15) is 26.0 Å². The number of nitrogens with two attached hydrogens (primary N) is 1. The Morgan fingerprint density at radius 3 is 2.54 bits per heavy atom. The first kappa shape index (κ1) is 17.9. The van der Waals surface area contributed by atoms with Crippen molar-refractivity contribution in [1.82, 2.24) is 10.3 Å². The first-order chi connectivity index (χ1) is 11.3. The molecule has 0 spiro atoms. The molecule has 7 heteroatoms. The molecule has 4 N–H and O–H groups in total. The zero-order valence-electron chi connectivity index (χ0n) is 13.7. The molecule has 6 nitrogen and oxygen atoms in total. The van der Waals surface area contributed by atoms with Crippen LogP contribution in [0, 0.1) is 5.92 Å². The van der Waals surface area contributed by atoms with Gasteiger partial charge in [-0.15, -0.1) is 11.3 Å². The molecule has 0 fully saturated rings. The fourth-order valence-corrected chi connectivity index (χ4v) is 3.08. The predicted octanol–water partition coefficient (Wildman–Crippen LogP) is 2.55. The lowest BCUT2D eigenvalue weighted by Crippen LogP contribution is -2.42. The van der Waals surface area contributed by atoms with Crippen molar-refractivity contribution in [3.05, 3.63) is 35.3 Å². The van der Waals surface area contributed by atoms with Crippen LogP contribution in [0.5, 0.6) is 0 Å². The molecule has 0 aliphatic rings. The molecule has 1 aromatic heterocycles. The summed E-state index contributed by atoms with van der Waals surface area (Å²) in [6.45, 7) is 3.84. The summed E-state index contributed by atoms with van der Waals surface area (Å²) in [7, 11) is 0. The highest BCUT2D eigenvalue weighted by molar-refractivity contribution is 7.13. The summed E-state index contributed by atoms with van der Waals surface area (Å²) in [6, 6.07) is 6.48. The number of carbonyl (C=O) groups is 2. The average molecular weight is 347 g/mol. The molecule has 1 heterocycles. The van der Waals surface area contributed by atoms with Crippen LogP contribution >= 0.6 is 11.3 Å². The van der Waals surface area contributed by atoms with E-state index in [2.05, 4.69) is 10.3 Å². The molecule has 0 aliphatic heterocycles. The number of nitrogens with one attached hydrogen (secondary N) is 1. The van der Waals surface area contributed by atoms with Crippen LogP contribution in [0.4, 0.5) is 5.69 Å². The number of hydrogen-bond acceptors (Lipinski definition) is 5. The van der Waals surface area contributed by atoms with Crippen molar-refractivity contribution in [2.75, 3.05) is 5.73 Å². The summed E-state index contributed by atoms with van der Waals surface area (Å²) in [5.74, 6) is -1.17. The van der Waals surface area contributed by atoms with Crippen molar-refractivity contribution in [2.24, 2.45) is 5.92 Å². The molecule has 0 saturated heterocycles. The van der Waals surface area contributed by atoms with E-state index in [1.165, 1.54) is 11.3 Å². The van der Waals surface area contributed by atoms with Gasteiger partial charge in [0.15, 0.2) is 0 Å². The van der Waals surface area contributed by atoms with E-state index >= 15 is 0 Å². The van der Waals surface area contributed by atoms with E-state index in [0.29, 0.717) is 17.8 Å². The van der Waals surface area contributed by atoms with Gasteiger partial charge in [0.05, 0.1) is 12.1 Å². The fourth-order valence-electron chi connectivity index (χ4n) is 2.25. The van der Waals surface area contributed by atoms with Crippen molar-refractivity contribution in [1.29, 1.82) is 0 Å². The Labute approximate surface area is 144 Å². The van der Waals surface area contributed by atoms with Gasteiger partial charge in [0, 0.05) is 16.6 Å². The third-order valence-corrected chi connectivity index (χ3v) is 4.33. The lowest BCUT2D eigenvalue weighted by atomic mass is 10.0. The van der Waals surface area contributed by atoms with Crippen LogP contribution in [0.25, 0.3) is 10.6 Å². The average Bonchev–Trinajstić information content (AvgIpc) is 2.95. The van der Waals surface area contributed by atoms with Crippen molar-refractivity contribution < 1.29 is 14.7 Å². The van der Waals surface area contributed by atoms with E-state index in [1.54, 1.807) is 12.1 Å². The summed E-state index contributed by atoms with van der Waals surface area (Å²) >= 11 is 1.44. The molecule has 1 atom stereocenters. The van der Waals surface area contributed by atoms with Gasteiger partial charge in [-0.2, -0.15) is 0 Å². The molecule has 128 valence electrons. The van der Waals surface area contributed by atoms with Crippen molar-refractivity contribution in [3.8, 4) is 10.6 Å². The highest BCUT2D eigenvalue weighted by Gasteiger charge is 2.21. The lowest BCUT2D eigenvalue weighted by Gasteiger charge is -2.16. The predicted molar refractivity (Wildman–Crippen MR) is 94.7 cm³/mol. The van der Waals surface area contributed by atoms with E-state index in [1.807, 2.05) is 31.4 Å². The summed E-state index contributed by atoms with van der Waals surface area (Å²) in [5.41, 5.74) is 7.90. The minimum Gasteiger partial charge on any atom is -0.480 e. The monoisotopic (exact) mass is 347 g/mol. The van der Waals surface area contributed by atoms with Crippen LogP contribution in [0.3, 0.4) is 0 Å². The van der Waals surface area contributed by atoms with E-state index in [4.69, 9.17) is 5.73 Å². The smallest absolute Gasteiger partial charge is 0.326 e. The number of rotatable bonds is 7. The number of benzene rings is 1. The number of carbonyl (C=O) groups excluding carboxylic acids is 1. The maximum Gasteiger partial charge on any atom is 0.326 e. The van der Waals surface area contributed by atoms with Crippen molar-refractivity contribution in [2.45, 2.75) is 32.7 Å². The number of aliphatic carboxylic acids is 1. The molecule has 24 heavy (non-hydrogen) atoms. The first-order valence-corrected chi connectivity index (χ1v) is 8.55. The second kappa shape index (κ2) is 7.92. The van der Waals surface area contributed by atoms with Crippen LogP contribution in [0.15, 0.2) is 29.6 Å². The summed E-state index contributed by atoms with van der Waals surface area (Å²) in [6.07, 6.45) is 0.460. The standard InChI is InChI=1S/C17H21N3O3S/c1-10(2)7-14(17(22)23)20-15(21)8-13-9-24-16(19-13)11-3-5-12(18)6-4-11/h3-6,9-10,14H,7-8,18H2,1-2H3,(H,20,21)(H,22,23). The summed E-state index contributed by atoms with van der Waals surface area (Å²) in [5, 5.41) is 14.3. The van der Waals surface area contributed by atoms with E-state index in [9.17, 15) is 14.7 Å². The zero-order valence-corrected chi connectivity index (χ0v) is 14.5. The SMILES string of the molecule is CC(C)CC(NC(=O)Cc1csc(-c2ccc(N)cc2)n1)C(=O)O. The molecule has 1 aromatic carbocycles. The molecule has 1 amide bonds. The van der Waals surface area contributed by atoms with Gasteiger partial charge in [-0.25, -0.2) is 9.78 Å². The first-order valence-electron chi connectivity index (χ1n) is 7.67. The Morgan fingerprint density at radius 1 is 1.29 bits per heavy atom. The van der Waals surface area contributed by atoms with Crippen LogP contribution in [0.2, 0.25) is 0 Å². The Kier molecular flexibility index (Phi) is 5.92. The summed E-state index contributed by atoms with van der Waals surface area (Å²) in [4.78, 5) is 27.7. The number of aromatic nitrogens is 1. The number of anilines is 1. The molecule has 2 aromatic rings. The van der Waals surface area contributed by atoms with Gasteiger partial charge in [-0.3, -0.25) is 4.79 Å². The van der Waals surface area contributed by atoms with Crippen molar-refractivity contribution >= 4 is 28.9 Å². The maximum absolute atomic E-state index is 12.1. The van der Waals surface area contributed by atoms with Gasteiger partial charge in [0.25, 0.3) is 0 Å². The number of carboxylic acids is 1.